The molecular formula is C21H30N2O2. The molecule has 0 amide bonds. The van der Waals surface area contributed by atoms with E-state index in [0.717, 1.165) is 49.7 Å². The molecule has 0 radical (unpaired) electrons. The van der Waals surface area contributed by atoms with Crippen LogP contribution in [0, 0.1) is 0 Å². The van der Waals surface area contributed by atoms with Crippen LogP contribution in [0.25, 0.3) is 0 Å². The van der Waals surface area contributed by atoms with E-state index >= 15 is 0 Å². The van der Waals surface area contributed by atoms with E-state index in [1.165, 1.54) is 5.56 Å². The Labute approximate surface area is 151 Å². The lowest BCUT2D eigenvalue weighted by Crippen LogP contribution is -2.21. The van der Waals surface area contributed by atoms with Crippen LogP contribution in [0.2, 0.25) is 0 Å². The van der Waals surface area contributed by atoms with E-state index in [4.69, 9.17) is 9.47 Å². The van der Waals surface area contributed by atoms with Crippen molar-refractivity contribution in [1.82, 2.24) is 10.6 Å². The van der Waals surface area contributed by atoms with Gasteiger partial charge in [0.05, 0.1) is 6.61 Å². The first kappa shape index (κ1) is 19.3. The van der Waals surface area contributed by atoms with Gasteiger partial charge in [-0.1, -0.05) is 43.3 Å². The Balaban J connectivity index is 1.87. The maximum atomic E-state index is 5.95. The lowest BCUT2D eigenvalue weighted by molar-refractivity contribution is 0.269. The highest BCUT2D eigenvalue weighted by Gasteiger charge is 2.07. The van der Waals surface area contributed by atoms with Gasteiger partial charge in [0.2, 0.25) is 0 Å². The molecule has 0 aliphatic carbocycles. The molecule has 2 aromatic carbocycles. The number of nitrogens with one attached hydrogen (secondary N) is 2. The molecule has 0 aromatic heterocycles. The molecule has 136 valence electrons. The Morgan fingerprint density at radius 1 is 0.800 bits per heavy atom. The fourth-order valence-corrected chi connectivity index (χ4v) is 2.53. The Kier molecular flexibility index (Phi) is 8.87. The van der Waals surface area contributed by atoms with Crippen LogP contribution < -0.4 is 20.1 Å². The molecule has 4 heteroatoms. The van der Waals surface area contributed by atoms with Crippen LogP contribution in [0.4, 0.5) is 0 Å². The summed E-state index contributed by atoms with van der Waals surface area (Å²) in [6.45, 7) is 9.22. The fraction of sp³-hybridized carbons (Fsp3) is 0.429. The first-order valence-corrected chi connectivity index (χ1v) is 9.17. The van der Waals surface area contributed by atoms with E-state index in [1.54, 1.807) is 0 Å². The standard InChI is InChI=1S/C21H30N2O2/c1-3-22-13-8-14-23-16-19-11-12-20(21(15-19)24-4-2)25-17-18-9-6-5-7-10-18/h5-7,9-12,15,22-23H,3-4,8,13-14,16-17H2,1-2H3. The molecular weight excluding hydrogens is 312 g/mol. The predicted octanol–water partition coefficient (Wildman–Crippen LogP) is 3.75. The second kappa shape index (κ2) is 11.5. The van der Waals surface area contributed by atoms with Gasteiger partial charge in [0, 0.05) is 6.54 Å². The van der Waals surface area contributed by atoms with Gasteiger partial charge in [0.25, 0.3) is 0 Å². The zero-order valence-electron chi connectivity index (χ0n) is 15.4. The van der Waals surface area contributed by atoms with Crippen molar-refractivity contribution in [3.05, 3.63) is 59.7 Å². The van der Waals surface area contributed by atoms with Gasteiger partial charge in [0.1, 0.15) is 6.61 Å². The second-order valence-corrected chi connectivity index (χ2v) is 5.87. The highest BCUT2D eigenvalue weighted by molar-refractivity contribution is 5.43. The van der Waals surface area contributed by atoms with Gasteiger partial charge >= 0.3 is 0 Å². The normalized spacial score (nSPS) is 10.6. The van der Waals surface area contributed by atoms with Crippen LogP contribution >= 0.6 is 0 Å². The molecule has 0 heterocycles. The van der Waals surface area contributed by atoms with Gasteiger partial charge in [-0.2, -0.15) is 0 Å². The van der Waals surface area contributed by atoms with Gasteiger partial charge in [-0.25, -0.2) is 0 Å². The third-order valence-corrected chi connectivity index (χ3v) is 3.83. The summed E-state index contributed by atoms with van der Waals surface area (Å²) in [5.41, 5.74) is 2.36. The molecule has 0 atom stereocenters. The fourth-order valence-electron chi connectivity index (χ4n) is 2.53. The molecule has 0 unspecified atom stereocenters. The van der Waals surface area contributed by atoms with Crippen molar-refractivity contribution in [3.8, 4) is 11.5 Å². The summed E-state index contributed by atoms with van der Waals surface area (Å²) >= 11 is 0. The first-order valence-electron chi connectivity index (χ1n) is 9.17. The summed E-state index contributed by atoms with van der Waals surface area (Å²) in [5, 5.41) is 6.80. The lowest BCUT2D eigenvalue weighted by atomic mass is 10.2. The highest BCUT2D eigenvalue weighted by atomic mass is 16.5. The van der Waals surface area contributed by atoms with Crippen LogP contribution in [-0.4, -0.2) is 26.2 Å². The zero-order valence-corrected chi connectivity index (χ0v) is 15.4. The van der Waals surface area contributed by atoms with Crippen molar-refractivity contribution in [1.29, 1.82) is 0 Å². The van der Waals surface area contributed by atoms with Crippen LogP contribution in [0.5, 0.6) is 11.5 Å². The van der Waals surface area contributed by atoms with Crippen molar-refractivity contribution >= 4 is 0 Å². The SMILES string of the molecule is CCNCCCNCc1ccc(OCc2ccccc2)c(OCC)c1. The minimum atomic E-state index is 0.545. The second-order valence-electron chi connectivity index (χ2n) is 5.87. The minimum absolute atomic E-state index is 0.545. The van der Waals surface area contributed by atoms with Crippen LogP contribution in [0.1, 0.15) is 31.4 Å². The van der Waals surface area contributed by atoms with Gasteiger partial charge in [-0.05, 0) is 56.2 Å². The summed E-state index contributed by atoms with van der Waals surface area (Å²) in [6.07, 6.45) is 1.13. The van der Waals surface area contributed by atoms with Crippen molar-refractivity contribution in [2.24, 2.45) is 0 Å². The first-order chi connectivity index (χ1) is 12.3. The van der Waals surface area contributed by atoms with Gasteiger partial charge in [0.15, 0.2) is 11.5 Å². The number of hydrogen-bond acceptors (Lipinski definition) is 4. The maximum Gasteiger partial charge on any atom is 0.161 e. The van der Waals surface area contributed by atoms with Crippen molar-refractivity contribution in [2.45, 2.75) is 33.4 Å². The molecule has 0 fully saturated rings. The summed E-state index contributed by atoms with van der Waals surface area (Å²) in [6, 6.07) is 16.3. The van der Waals surface area contributed by atoms with E-state index < -0.39 is 0 Å². The summed E-state index contributed by atoms with van der Waals surface area (Å²) in [4.78, 5) is 0. The number of hydrogen-bond donors (Lipinski definition) is 2. The maximum absolute atomic E-state index is 5.95. The Hall–Kier alpha value is -2.04. The Bertz CT molecular complexity index is 602. The Morgan fingerprint density at radius 3 is 2.36 bits per heavy atom. The van der Waals surface area contributed by atoms with E-state index in [2.05, 4.69) is 41.8 Å². The smallest absolute Gasteiger partial charge is 0.161 e. The monoisotopic (exact) mass is 342 g/mol. The molecule has 0 aliphatic rings. The third-order valence-electron chi connectivity index (χ3n) is 3.83. The molecule has 0 bridgehead atoms. The van der Waals surface area contributed by atoms with E-state index in [-0.39, 0.29) is 0 Å². The summed E-state index contributed by atoms with van der Waals surface area (Å²) in [5.74, 6) is 1.60. The molecule has 0 spiro atoms. The average molecular weight is 342 g/mol. The van der Waals surface area contributed by atoms with Crippen LogP contribution in [0.3, 0.4) is 0 Å². The van der Waals surface area contributed by atoms with Crippen LogP contribution in [-0.2, 0) is 13.2 Å². The number of rotatable bonds is 12. The molecule has 0 saturated carbocycles. The van der Waals surface area contributed by atoms with E-state index in [9.17, 15) is 0 Å². The van der Waals surface area contributed by atoms with E-state index in [0.29, 0.717) is 13.2 Å². The lowest BCUT2D eigenvalue weighted by Gasteiger charge is -2.14. The molecule has 0 saturated heterocycles. The average Bonchev–Trinajstić information content (AvgIpc) is 2.65. The molecule has 2 aromatic rings. The molecule has 4 nitrogen and oxygen atoms in total. The van der Waals surface area contributed by atoms with Gasteiger partial charge < -0.3 is 20.1 Å². The largest absolute Gasteiger partial charge is 0.490 e. The van der Waals surface area contributed by atoms with Crippen molar-refractivity contribution < 1.29 is 9.47 Å². The van der Waals surface area contributed by atoms with Crippen LogP contribution in [0.15, 0.2) is 48.5 Å². The summed E-state index contributed by atoms with van der Waals surface area (Å²) in [7, 11) is 0. The van der Waals surface area contributed by atoms with Gasteiger partial charge in [-0.3, -0.25) is 0 Å². The predicted molar refractivity (Wildman–Crippen MR) is 103 cm³/mol. The summed E-state index contributed by atoms with van der Waals surface area (Å²) < 4.78 is 11.7. The number of benzene rings is 2. The zero-order chi connectivity index (χ0) is 17.7. The highest BCUT2D eigenvalue weighted by Crippen LogP contribution is 2.29. The topological polar surface area (TPSA) is 42.5 Å². The molecule has 25 heavy (non-hydrogen) atoms. The van der Waals surface area contributed by atoms with Crippen molar-refractivity contribution in [3.63, 3.8) is 0 Å². The quantitative estimate of drug-likeness (QED) is 0.577. The molecule has 2 rings (SSSR count). The third kappa shape index (κ3) is 7.16. The number of ether oxygens (including phenoxy) is 2. The minimum Gasteiger partial charge on any atom is -0.490 e. The molecule has 0 aliphatic heterocycles. The van der Waals surface area contributed by atoms with E-state index in [1.807, 2.05) is 31.2 Å². The van der Waals surface area contributed by atoms with Crippen molar-refractivity contribution in [2.75, 3.05) is 26.2 Å². The van der Waals surface area contributed by atoms with Gasteiger partial charge in [-0.15, -0.1) is 0 Å². The molecule has 2 N–H and O–H groups in total. The Morgan fingerprint density at radius 2 is 1.60 bits per heavy atom.